The van der Waals surface area contributed by atoms with Gasteiger partial charge >= 0.3 is 0 Å². The third-order valence-corrected chi connectivity index (χ3v) is 4.08. The summed E-state index contributed by atoms with van der Waals surface area (Å²) in [7, 11) is 1.63. The molecule has 2 atom stereocenters. The lowest BCUT2D eigenvalue weighted by Crippen LogP contribution is -2.34. The van der Waals surface area contributed by atoms with Crippen LogP contribution in [0.1, 0.15) is 30.5 Å². The highest BCUT2D eigenvalue weighted by atomic mass is 16.5. The Morgan fingerprint density at radius 2 is 1.79 bits per heavy atom. The summed E-state index contributed by atoms with van der Waals surface area (Å²) in [6.07, 6.45) is 1.17. The van der Waals surface area contributed by atoms with Crippen LogP contribution in [0.15, 0.2) is 54.6 Å². The molecule has 2 aromatic rings. The first-order valence-corrected chi connectivity index (χ1v) is 8.23. The van der Waals surface area contributed by atoms with E-state index in [0.717, 1.165) is 16.9 Å². The maximum atomic E-state index is 12.5. The molecular formula is C20H25NO3. The Kier molecular flexibility index (Phi) is 6.82. The van der Waals surface area contributed by atoms with Gasteiger partial charge in [-0.3, -0.25) is 4.79 Å². The molecule has 4 heteroatoms. The molecule has 2 unspecified atom stereocenters. The van der Waals surface area contributed by atoms with Gasteiger partial charge in [-0.05, 0) is 36.1 Å². The molecule has 4 nitrogen and oxygen atoms in total. The van der Waals surface area contributed by atoms with E-state index in [4.69, 9.17) is 4.74 Å². The summed E-state index contributed by atoms with van der Waals surface area (Å²) in [4.78, 5) is 12.5. The third-order valence-electron chi connectivity index (χ3n) is 4.08. The van der Waals surface area contributed by atoms with E-state index in [9.17, 15) is 9.90 Å². The molecule has 0 spiro atoms. The smallest absolute Gasteiger partial charge is 0.223 e. The third kappa shape index (κ3) is 5.10. The Labute approximate surface area is 143 Å². The van der Waals surface area contributed by atoms with Gasteiger partial charge in [0, 0.05) is 12.5 Å². The second-order valence-corrected chi connectivity index (χ2v) is 5.94. The minimum Gasteiger partial charge on any atom is -0.497 e. The molecule has 128 valence electrons. The highest BCUT2D eigenvalue weighted by molar-refractivity contribution is 5.79. The maximum absolute atomic E-state index is 12.5. The fourth-order valence-corrected chi connectivity index (χ4v) is 2.66. The summed E-state index contributed by atoms with van der Waals surface area (Å²) < 4.78 is 5.15. The molecule has 0 aromatic heterocycles. The molecule has 0 heterocycles. The van der Waals surface area contributed by atoms with Crippen LogP contribution in [0, 0.1) is 5.92 Å². The van der Waals surface area contributed by atoms with Crippen LogP contribution in [0.5, 0.6) is 5.75 Å². The number of benzene rings is 2. The number of amides is 1. The summed E-state index contributed by atoms with van der Waals surface area (Å²) in [6, 6.07) is 17.3. The number of aliphatic hydroxyl groups is 1. The fraction of sp³-hybridized carbons (Fsp3) is 0.350. The normalized spacial score (nSPS) is 13.1. The Hall–Kier alpha value is -2.33. The van der Waals surface area contributed by atoms with E-state index < -0.39 is 0 Å². The Morgan fingerprint density at radius 1 is 1.12 bits per heavy atom. The predicted octanol–water partition coefficient (Wildman–Crippen LogP) is 3.11. The van der Waals surface area contributed by atoms with E-state index >= 15 is 0 Å². The van der Waals surface area contributed by atoms with E-state index in [-0.39, 0.29) is 24.5 Å². The average Bonchev–Trinajstić information content (AvgIpc) is 2.62. The van der Waals surface area contributed by atoms with Crippen LogP contribution in [0.2, 0.25) is 0 Å². The molecule has 0 aliphatic carbocycles. The van der Waals surface area contributed by atoms with Crippen molar-refractivity contribution >= 4 is 5.91 Å². The van der Waals surface area contributed by atoms with Gasteiger partial charge in [-0.15, -0.1) is 0 Å². The number of carbonyl (C=O) groups excluding carboxylic acids is 1. The van der Waals surface area contributed by atoms with Crippen LogP contribution in [-0.2, 0) is 11.2 Å². The van der Waals surface area contributed by atoms with Gasteiger partial charge < -0.3 is 15.2 Å². The van der Waals surface area contributed by atoms with E-state index in [2.05, 4.69) is 5.32 Å². The number of methoxy groups -OCH3 is 1. The second-order valence-electron chi connectivity index (χ2n) is 5.94. The summed E-state index contributed by atoms with van der Waals surface area (Å²) in [5.74, 6) is 0.652. The van der Waals surface area contributed by atoms with Crippen molar-refractivity contribution in [3.63, 3.8) is 0 Å². The molecule has 24 heavy (non-hydrogen) atoms. The largest absolute Gasteiger partial charge is 0.497 e. The van der Waals surface area contributed by atoms with Crippen molar-refractivity contribution in [1.29, 1.82) is 0 Å². The molecule has 0 radical (unpaired) electrons. The topological polar surface area (TPSA) is 58.6 Å². The molecule has 2 rings (SSSR count). The van der Waals surface area contributed by atoms with Gasteiger partial charge in [0.1, 0.15) is 5.75 Å². The average molecular weight is 327 g/mol. The number of carbonyl (C=O) groups is 1. The van der Waals surface area contributed by atoms with Crippen molar-refractivity contribution < 1.29 is 14.6 Å². The van der Waals surface area contributed by atoms with Crippen molar-refractivity contribution in [1.82, 2.24) is 5.32 Å². The molecule has 0 bridgehead atoms. The molecule has 1 amide bonds. The van der Waals surface area contributed by atoms with E-state index in [1.54, 1.807) is 7.11 Å². The molecule has 2 aromatic carbocycles. The lowest BCUT2D eigenvalue weighted by molar-refractivity contribution is -0.125. The predicted molar refractivity (Wildman–Crippen MR) is 94.9 cm³/mol. The molecule has 0 saturated carbocycles. The van der Waals surface area contributed by atoms with Crippen LogP contribution in [-0.4, -0.2) is 24.7 Å². The zero-order chi connectivity index (χ0) is 17.4. The van der Waals surface area contributed by atoms with Crippen LogP contribution in [0.25, 0.3) is 0 Å². The maximum Gasteiger partial charge on any atom is 0.223 e. The SMILES string of the molecule is COc1ccc(CC(C)C(=O)NC(CCO)c2ccccc2)cc1. The van der Waals surface area contributed by atoms with E-state index in [1.165, 1.54) is 0 Å². The molecular weight excluding hydrogens is 302 g/mol. The number of nitrogens with one attached hydrogen (secondary N) is 1. The van der Waals surface area contributed by atoms with Gasteiger partial charge in [0.25, 0.3) is 0 Å². The molecule has 0 aliphatic rings. The van der Waals surface area contributed by atoms with Crippen molar-refractivity contribution in [3.05, 3.63) is 65.7 Å². The van der Waals surface area contributed by atoms with Crippen molar-refractivity contribution in [2.24, 2.45) is 5.92 Å². The minimum absolute atomic E-state index is 0.00637. The van der Waals surface area contributed by atoms with Crippen molar-refractivity contribution in [2.75, 3.05) is 13.7 Å². The van der Waals surface area contributed by atoms with E-state index in [1.807, 2.05) is 61.5 Å². The molecule has 0 aliphatic heterocycles. The number of hydrogen-bond acceptors (Lipinski definition) is 3. The fourth-order valence-electron chi connectivity index (χ4n) is 2.66. The first-order valence-electron chi connectivity index (χ1n) is 8.23. The van der Waals surface area contributed by atoms with Gasteiger partial charge in [-0.2, -0.15) is 0 Å². The van der Waals surface area contributed by atoms with Gasteiger partial charge in [-0.25, -0.2) is 0 Å². The Morgan fingerprint density at radius 3 is 2.38 bits per heavy atom. The van der Waals surface area contributed by atoms with Crippen LogP contribution < -0.4 is 10.1 Å². The van der Waals surface area contributed by atoms with Gasteiger partial charge in [0.2, 0.25) is 5.91 Å². The molecule has 0 saturated heterocycles. The lowest BCUT2D eigenvalue weighted by atomic mass is 9.98. The van der Waals surface area contributed by atoms with Crippen molar-refractivity contribution in [2.45, 2.75) is 25.8 Å². The zero-order valence-corrected chi connectivity index (χ0v) is 14.2. The number of ether oxygens (including phenoxy) is 1. The molecule has 0 fully saturated rings. The summed E-state index contributed by atoms with van der Waals surface area (Å²) in [5.41, 5.74) is 2.11. The minimum atomic E-state index is -0.165. The van der Waals surface area contributed by atoms with Crippen molar-refractivity contribution in [3.8, 4) is 5.75 Å². The van der Waals surface area contributed by atoms with Gasteiger partial charge in [-0.1, -0.05) is 49.4 Å². The zero-order valence-electron chi connectivity index (χ0n) is 14.2. The summed E-state index contributed by atoms with van der Waals surface area (Å²) >= 11 is 0. The van der Waals surface area contributed by atoms with Gasteiger partial charge in [0.15, 0.2) is 0 Å². The van der Waals surface area contributed by atoms with E-state index in [0.29, 0.717) is 12.8 Å². The Bertz CT molecular complexity index is 625. The summed E-state index contributed by atoms with van der Waals surface area (Å²) in [5, 5.41) is 12.3. The monoisotopic (exact) mass is 327 g/mol. The Balaban J connectivity index is 1.97. The highest BCUT2D eigenvalue weighted by Gasteiger charge is 2.19. The second kappa shape index (κ2) is 9.08. The highest BCUT2D eigenvalue weighted by Crippen LogP contribution is 2.19. The van der Waals surface area contributed by atoms with Crippen LogP contribution in [0.4, 0.5) is 0 Å². The number of hydrogen-bond donors (Lipinski definition) is 2. The van der Waals surface area contributed by atoms with Gasteiger partial charge in [0.05, 0.1) is 13.2 Å². The molecule has 2 N–H and O–H groups in total. The van der Waals surface area contributed by atoms with Crippen LogP contribution >= 0.6 is 0 Å². The first-order chi connectivity index (χ1) is 11.6. The lowest BCUT2D eigenvalue weighted by Gasteiger charge is -2.21. The first kappa shape index (κ1) is 18.0. The number of rotatable bonds is 8. The summed E-state index contributed by atoms with van der Waals surface area (Å²) in [6.45, 7) is 1.95. The quantitative estimate of drug-likeness (QED) is 0.783. The number of aliphatic hydroxyl groups excluding tert-OH is 1. The van der Waals surface area contributed by atoms with Crippen LogP contribution in [0.3, 0.4) is 0 Å². The standard InChI is InChI=1S/C20H25NO3/c1-15(14-16-8-10-18(24-2)11-9-16)20(23)21-19(12-13-22)17-6-4-3-5-7-17/h3-11,15,19,22H,12-14H2,1-2H3,(H,21,23).